The number of aromatic nitrogens is 3. The van der Waals surface area contributed by atoms with Crippen LogP contribution >= 0.6 is 0 Å². The van der Waals surface area contributed by atoms with Crippen molar-refractivity contribution in [3.8, 4) is 5.75 Å². The van der Waals surface area contributed by atoms with Gasteiger partial charge >= 0.3 is 11.8 Å². The first-order chi connectivity index (χ1) is 15.2. The smallest absolute Gasteiger partial charge is 0.404 e. The third-order valence-electron chi connectivity index (χ3n) is 5.38. The van der Waals surface area contributed by atoms with Crippen molar-refractivity contribution in [2.45, 2.75) is 32.4 Å². The fourth-order valence-corrected chi connectivity index (χ4v) is 3.82. The lowest BCUT2D eigenvalue weighted by atomic mass is 10.1. The maximum Gasteiger partial charge on any atom is 0.404 e. The third-order valence-corrected chi connectivity index (χ3v) is 5.38. The van der Waals surface area contributed by atoms with Crippen molar-refractivity contribution in [3.05, 3.63) is 57.7 Å². The van der Waals surface area contributed by atoms with E-state index in [4.69, 9.17) is 9.84 Å². The molecule has 0 unspecified atom stereocenters. The van der Waals surface area contributed by atoms with Gasteiger partial charge in [-0.2, -0.15) is 5.10 Å². The number of amides is 1. The summed E-state index contributed by atoms with van der Waals surface area (Å²) in [6.45, 7) is 4.22. The molecule has 4 rings (SSSR count). The number of nitro groups is 1. The van der Waals surface area contributed by atoms with Gasteiger partial charge in [-0.15, -0.1) is 0 Å². The van der Waals surface area contributed by atoms with Crippen LogP contribution in [-0.4, -0.2) is 49.9 Å². The van der Waals surface area contributed by atoms with E-state index in [1.54, 1.807) is 13.1 Å². The molecule has 2 N–H and O–H groups in total. The Balaban J connectivity index is 1.66. The van der Waals surface area contributed by atoms with Gasteiger partial charge in [-0.25, -0.2) is 18.7 Å². The zero-order valence-corrected chi connectivity index (χ0v) is 17.4. The molecule has 1 aliphatic rings. The molecular formula is C20H21FN6O5. The Morgan fingerprint density at radius 1 is 1.44 bits per heavy atom. The first kappa shape index (κ1) is 21.3. The minimum atomic E-state index is -1.16. The molecule has 1 amide bonds. The van der Waals surface area contributed by atoms with Crippen LogP contribution in [0.15, 0.2) is 30.6 Å². The number of rotatable bonds is 7. The van der Waals surface area contributed by atoms with Gasteiger partial charge in [-0.05, 0) is 38.5 Å². The van der Waals surface area contributed by atoms with Crippen LogP contribution in [0.4, 0.5) is 20.7 Å². The topological polar surface area (TPSA) is 135 Å². The molecular weight excluding hydrogens is 423 g/mol. The largest absolute Gasteiger partial charge is 0.489 e. The van der Waals surface area contributed by atoms with E-state index in [0.717, 1.165) is 11.8 Å². The zero-order valence-electron chi connectivity index (χ0n) is 17.4. The summed E-state index contributed by atoms with van der Waals surface area (Å²) in [5, 5.41) is 26.3. The second-order valence-electron chi connectivity index (χ2n) is 7.56. The minimum absolute atomic E-state index is 0.0670. The number of fused-ring (bicyclic) bond motifs is 2. The van der Waals surface area contributed by atoms with Crippen LogP contribution < -0.4 is 15.0 Å². The van der Waals surface area contributed by atoms with Gasteiger partial charge in [0.15, 0.2) is 0 Å². The maximum absolute atomic E-state index is 14.1. The zero-order chi connectivity index (χ0) is 23.0. The number of nitrogens with zero attached hydrogens (tertiary/aromatic N) is 5. The van der Waals surface area contributed by atoms with Gasteiger partial charge in [0.25, 0.3) is 0 Å². The van der Waals surface area contributed by atoms with E-state index >= 15 is 0 Å². The van der Waals surface area contributed by atoms with E-state index in [1.165, 1.54) is 22.7 Å². The molecule has 0 saturated carbocycles. The van der Waals surface area contributed by atoms with Crippen LogP contribution in [0.3, 0.4) is 0 Å². The van der Waals surface area contributed by atoms with Crippen molar-refractivity contribution in [2.75, 3.05) is 18.0 Å². The maximum atomic E-state index is 14.1. The van der Waals surface area contributed by atoms with Crippen molar-refractivity contribution >= 4 is 23.2 Å². The predicted molar refractivity (Wildman–Crippen MR) is 112 cm³/mol. The average molecular weight is 444 g/mol. The van der Waals surface area contributed by atoms with Gasteiger partial charge in [-0.1, -0.05) is 0 Å². The van der Waals surface area contributed by atoms with Crippen LogP contribution in [0.1, 0.15) is 31.0 Å². The van der Waals surface area contributed by atoms with E-state index in [0.29, 0.717) is 30.1 Å². The van der Waals surface area contributed by atoms with E-state index < -0.39 is 22.9 Å². The fraction of sp³-hybridized carbons (Fsp3) is 0.350. The molecule has 1 aromatic carbocycles. The fourth-order valence-electron chi connectivity index (χ4n) is 3.82. The standard InChI is InChI=1S/C20H21FN6O5/c1-11(8-22-20(28)29)32-17-4-3-14(21)7-15(17)12(2)25-6-5-13-10-26-19(24-18(13)25)16(9-23-26)27(30)31/h3-4,7,9-12,22H,5-6,8H2,1-2H3,(H,28,29)/t11-,12+/m0/s1. The van der Waals surface area contributed by atoms with Crippen LogP contribution in [-0.2, 0) is 6.42 Å². The van der Waals surface area contributed by atoms with Crippen molar-refractivity contribution in [1.29, 1.82) is 0 Å². The Hall–Kier alpha value is -3.96. The Bertz CT molecular complexity index is 1200. The highest BCUT2D eigenvalue weighted by atomic mass is 19.1. The molecule has 0 radical (unpaired) electrons. The van der Waals surface area contributed by atoms with Crippen LogP contribution in [0, 0.1) is 15.9 Å². The molecule has 2 aromatic heterocycles. The second-order valence-corrected chi connectivity index (χ2v) is 7.56. The van der Waals surface area contributed by atoms with Crippen LogP contribution in [0.5, 0.6) is 5.75 Å². The summed E-state index contributed by atoms with van der Waals surface area (Å²) in [6.07, 6.45) is 1.89. The first-order valence-corrected chi connectivity index (χ1v) is 9.95. The van der Waals surface area contributed by atoms with Crippen LogP contribution in [0.25, 0.3) is 5.65 Å². The predicted octanol–water partition coefficient (Wildman–Crippen LogP) is 2.94. The summed E-state index contributed by atoms with van der Waals surface area (Å²) < 4.78 is 21.4. The Labute approximate surface area is 181 Å². The van der Waals surface area contributed by atoms with Gasteiger partial charge in [0.1, 0.15) is 29.7 Å². The number of nitrogens with one attached hydrogen (secondary N) is 1. The lowest BCUT2D eigenvalue weighted by molar-refractivity contribution is -0.383. The normalized spacial score (nSPS) is 14.8. The van der Waals surface area contributed by atoms with Crippen molar-refractivity contribution in [3.63, 3.8) is 0 Å². The van der Waals surface area contributed by atoms with Gasteiger partial charge in [0, 0.05) is 23.9 Å². The molecule has 32 heavy (non-hydrogen) atoms. The number of carboxylic acid groups (broad SMARTS) is 1. The highest BCUT2D eigenvalue weighted by Gasteiger charge is 2.30. The van der Waals surface area contributed by atoms with Gasteiger partial charge in [0.2, 0.25) is 5.65 Å². The number of benzene rings is 1. The summed E-state index contributed by atoms with van der Waals surface area (Å²) >= 11 is 0. The number of ether oxygens (including phenoxy) is 1. The first-order valence-electron chi connectivity index (χ1n) is 9.95. The average Bonchev–Trinajstić information content (AvgIpc) is 3.35. The summed E-state index contributed by atoms with van der Waals surface area (Å²) in [5.74, 6) is 0.553. The van der Waals surface area contributed by atoms with E-state index in [2.05, 4.69) is 15.4 Å². The van der Waals surface area contributed by atoms with E-state index in [1.807, 2.05) is 11.8 Å². The summed E-state index contributed by atoms with van der Waals surface area (Å²) in [4.78, 5) is 27.9. The SMILES string of the molecule is C[C@H](c1cc(F)ccc1O[C@@H](C)CNC(=O)O)N1CCc2cn3ncc([N+](=O)[O-])c3nc21. The molecule has 0 aliphatic carbocycles. The third kappa shape index (κ3) is 3.98. The summed E-state index contributed by atoms with van der Waals surface area (Å²) in [5.41, 5.74) is 1.38. The van der Waals surface area contributed by atoms with Gasteiger partial charge in [0.05, 0.1) is 17.5 Å². The lowest BCUT2D eigenvalue weighted by Crippen LogP contribution is -2.33. The number of carbonyl (C=O) groups is 1. The summed E-state index contributed by atoms with van der Waals surface area (Å²) in [6, 6.07) is 3.79. The molecule has 11 nitrogen and oxygen atoms in total. The van der Waals surface area contributed by atoms with E-state index in [9.17, 15) is 19.3 Å². The highest BCUT2D eigenvalue weighted by Crippen LogP contribution is 2.38. The minimum Gasteiger partial charge on any atom is -0.489 e. The molecule has 0 bridgehead atoms. The van der Waals surface area contributed by atoms with Crippen LogP contribution in [0.2, 0.25) is 0 Å². The quantitative estimate of drug-likeness (QED) is 0.419. The van der Waals surface area contributed by atoms with Crippen molar-refractivity contribution in [2.24, 2.45) is 0 Å². The lowest BCUT2D eigenvalue weighted by Gasteiger charge is -2.29. The van der Waals surface area contributed by atoms with Crippen molar-refractivity contribution in [1.82, 2.24) is 19.9 Å². The molecule has 168 valence electrons. The molecule has 3 heterocycles. The molecule has 0 saturated heterocycles. The summed E-state index contributed by atoms with van der Waals surface area (Å²) in [7, 11) is 0. The molecule has 0 spiro atoms. The Kier molecular flexibility index (Phi) is 5.51. The Morgan fingerprint density at radius 2 is 2.22 bits per heavy atom. The Morgan fingerprint density at radius 3 is 2.94 bits per heavy atom. The number of hydrogen-bond donors (Lipinski definition) is 2. The highest BCUT2D eigenvalue weighted by molar-refractivity contribution is 5.65. The van der Waals surface area contributed by atoms with Gasteiger partial charge < -0.3 is 20.1 Å². The van der Waals surface area contributed by atoms with E-state index in [-0.39, 0.29) is 23.9 Å². The number of anilines is 1. The van der Waals surface area contributed by atoms with Gasteiger partial charge in [-0.3, -0.25) is 10.1 Å². The molecule has 1 aliphatic heterocycles. The molecule has 2 atom stereocenters. The number of hydrogen-bond acceptors (Lipinski definition) is 7. The van der Waals surface area contributed by atoms with Crippen molar-refractivity contribution < 1.29 is 24.0 Å². The molecule has 3 aromatic rings. The monoisotopic (exact) mass is 444 g/mol. The second kappa shape index (κ2) is 8.29. The molecule has 0 fully saturated rings. The number of halogens is 1. The molecule has 12 heteroatoms.